The van der Waals surface area contributed by atoms with E-state index in [2.05, 4.69) is 20.9 Å². The second-order valence-corrected chi connectivity index (χ2v) is 6.27. The van der Waals surface area contributed by atoms with Crippen molar-refractivity contribution in [2.75, 3.05) is 16.9 Å². The lowest BCUT2D eigenvalue weighted by atomic mass is 10.3. The van der Waals surface area contributed by atoms with Crippen molar-refractivity contribution in [1.29, 1.82) is 0 Å². The third-order valence-electron chi connectivity index (χ3n) is 3.51. The van der Waals surface area contributed by atoms with Gasteiger partial charge in [0.2, 0.25) is 0 Å². The standard InChI is InChI=1S/C20H18N4OS/c1-26-19-13-11-16(12-14-19)22-20(25)21-15-7-9-18(10-8-15)24-23-17-5-3-2-4-6-17/h2-14H,1H3,(H2,21,22,25)/b24-23+. The highest BCUT2D eigenvalue weighted by Crippen LogP contribution is 2.21. The molecule has 0 aliphatic heterocycles. The van der Waals surface area contributed by atoms with Gasteiger partial charge in [-0.25, -0.2) is 4.79 Å². The Morgan fingerprint density at radius 2 is 1.23 bits per heavy atom. The highest BCUT2D eigenvalue weighted by Gasteiger charge is 2.03. The highest BCUT2D eigenvalue weighted by atomic mass is 32.2. The number of hydrogen-bond acceptors (Lipinski definition) is 4. The fourth-order valence-corrected chi connectivity index (χ4v) is 2.60. The van der Waals surface area contributed by atoms with Crippen LogP contribution in [0.2, 0.25) is 0 Å². The summed E-state index contributed by atoms with van der Waals surface area (Å²) in [5.74, 6) is 0. The molecule has 0 aromatic heterocycles. The second kappa shape index (κ2) is 8.82. The molecule has 0 fully saturated rings. The van der Waals surface area contributed by atoms with Crippen molar-refractivity contribution in [3.05, 3.63) is 78.9 Å². The lowest BCUT2D eigenvalue weighted by Gasteiger charge is -2.08. The van der Waals surface area contributed by atoms with Crippen LogP contribution in [0.25, 0.3) is 0 Å². The van der Waals surface area contributed by atoms with Gasteiger partial charge in [-0.2, -0.15) is 10.2 Å². The maximum absolute atomic E-state index is 12.1. The molecule has 0 bridgehead atoms. The summed E-state index contributed by atoms with van der Waals surface area (Å²) < 4.78 is 0. The van der Waals surface area contributed by atoms with Crippen LogP contribution < -0.4 is 10.6 Å². The summed E-state index contributed by atoms with van der Waals surface area (Å²) in [6.45, 7) is 0. The molecule has 0 atom stereocenters. The number of anilines is 2. The smallest absolute Gasteiger partial charge is 0.308 e. The van der Waals surface area contributed by atoms with E-state index in [1.165, 1.54) is 0 Å². The van der Waals surface area contributed by atoms with E-state index in [4.69, 9.17) is 0 Å². The van der Waals surface area contributed by atoms with E-state index in [9.17, 15) is 4.79 Å². The van der Waals surface area contributed by atoms with Crippen LogP contribution in [0.3, 0.4) is 0 Å². The van der Waals surface area contributed by atoms with E-state index in [0.29, 0.717) is 11.4 Å². The van der Waals surface area contributed by atoms with Gasteiger partial charge in [-0.15, -0.1) is 11.8 Å². The van der Waals surface area contributed by atoms with Gasteiger partial charge in [-0.3, -0.25) is 0 Å². The Labute approximate surface area is 156 Å². The average molecular weight is 362 g/mol. The van der Waals surface area contributed by atoms with Gasteiger partial charge >= 0.3 is 6.03 Å². The molecule has 3 aromatic carbocycles. The SMILES string of the molecule is CSc1ccc(NC(=O)Nc2ccc(/N=N/c3ccccc3)cc2)cc1. The van der Waals surface area contributed by atoms with Crippen molar-refractivity contribution in [1.82, 2.24) is 0 Å². The van der Waals surface area contributed by atoms with Crippen LogP contribution in [0.15, 0.2) is 94.0 Å². The summed E-state index contributed by atoms with van der Waals surface area (Å²) in [6, 6.07) is 24.1. The van der Waals surface area contributed by atoms with Gasteiger partial charge in [-0.1, -0.05) is 18.2 Å². The maximum atomic E-state index is 12.1. The molecule has 0 aliphatic rings. The summed E-state index contributed by atoms with van der Waals surface area (Å²) in [7, 11) is 0. The molecule has 0 saturated carbocycles. The molecule has 26 heavy (non-hydrogen) atoms. The Hall–Kier alpha value is -3.12. The molecule has 0 radical (unpaired) electrons. The van der Waals surface area contributed by atoms with Crippen LogP contribution in [-0.2, 0) is 0 Å². The summed E-state index contributed by atoms with van der Waals surface area (Å²) in [5, 5.41) is 13.9. The number of hydrogen-bond donors (Lipinski definition) is 2. The number of rotatable bonds is 5. The molecule has 3 aromatic rings. The average Bonchev–Trinajstić information content (AvgIpc) is 2.69. The lowest BCUT2D eigenvalue weighted by molar-refractivity contribution is 0.262. The lowest BCUT2D eigenvalue weighted by Crippen LogP contribution is -2.19. The molecule has 3 rings (SSSR count). The Morgan fingerprint density at radius 1 is 0.731 bits per heavy atom. The first-order valence-corrected chi connectivity index (χ1v) is 9.24. The summed E-state index contributed by atoms with van der Waals surface area (Å²) in [5.41, 5.74) is 2.93. The quantitative estimate of drug-likeness (QED) is 0.403. The zero-order valence-corrected chi connectivity index (χ0v) is 15.0. The van der Waals surface area contributed by atoms with Crippen LogP contribution >= 0.6 is 11.8 Å². The van der Waals surface area contributed by atoms with Gasteiger partial charge in [0.15, 0.2) is 0 Å². The van der Waals surface area contributed by atoms with Crippen molar-refractivity contribution in [2.24, 2.45) is 10.2 Å². The largest absolute Gasteiger partial charge is 0.323 e. The van der Waals surface area contributed by atoms with E-state index in [1.54, 1.807) is 36.0 Å². The monoisotopic (exact) mass is 362 g/mol. The van der Waals surface area contributed by atoms with Crippen LogP contribution in [0.4, 0.5) is 27.5 Å². The third kappa shape index (κ3) is 5.19. The van der Waals surface area contributed by atoms with Crippen molar-refractivity contribution in [2.45, 2.75) is 4.90 Å². The molecule has 5 nitrogen and oxygen atoms in total. The second-order valence-electron chi connectivity index (χ2n) is 5.39. The van der Waals surface area contributed by atoms with Crippen molar-refractivity contribution >= 4 is 40.5 Å². The van der Waals surface area contributed by atoms with E-state index < -0.39 is 0 Å². The molecule has 0 spiro atoms. The Balaban J connectivity index is 1.56. The van der Waals surface area contributed by atoms with E-state index in [1.807, 2.05) is 60.9 Å². The molecular weight excluding hydrogens is 344 g/mol. The molecular formula is C20H18N4OS. The highest BCUT2D eigenvalue weighted by molar-refractivity contribution is 7.98. The minimum absolute atomic E-state index is 0.291. The minimum atomic E-state index is -0.291. The fourth-order valence-electron chi connectivity index (χ4n) is 2.19. The van der Waals surface area contributed by atoms with E-state index in [-0.39, 0.29) is 6.03 Å². The number of thioether (sulfide) groups is 1. The van der Waals surface area contributed by atoms with Gasteiger partial charge < -0.3 is 10.6 Å². The Morgan fingerprint density at radius 3 is 1.77 bits per heavy atom. The van der Waals surface area contributed by atoms with E-state index in [0.717, 1.165) is 16.3 Å². The topological polar surface area (TPSA) is 65.8 Å². The number of urea groups is 1. The van der Waals surface area contributed by atoms with Gasteiger partial charge in [0.1, 0.15) is 0 Å². The molecule has 130 valence electrons. The van der Waals surface area contributed by atoms with Gasteiger partial charge in [0.05, 0.1) is 11.4 Å². The van der Waals surface area contributed by atoms with Crippen LogP contribution in [0, 0.1) is 0 Å². The minimum Gasteiger partial charge on any atom is -0.308 e. The maximum Gasteiger partial charge on any atom is 0.323 e. The number of benzene rings is 3. The predicted octanol–water partition coefficient (Wildman–Crippen LogP) is 6.47. The normalized spacial score (nSPS) is 10.7. The fraction of sp³-hybridized carbons (Fsp3) is 0.0500. The number of carbonyl (C=O) groups excluding carboxylic acids is 1. The summed E-state index contributed by atoms with van der Waals surface area (Å²) >= 11 is 1.66. The molecule has 0 heterocycles. The number of nitrogens with zero attached hydrogens (tertiary/aromatic N) is 2. The van der Waals surface area contributed by atoms with Gasteiger partial charge in [-0.05, 0) is 66.9 Å². The zero-order valence-electron chi connectivity index (χ0n) is 14.2. The molecule has 0 saturated heterocycles. The van der Waals surface area contributed by atoms with Crippen molar-refractivity contribution in [3.63, 3.8) is 0 Å². The zero-order chi connectivity index (χ0) is 18.2. The van der Waals surface area contributed by atoms with Gasteiger partial charge in [0, 0.05) is 16.3 Å². The molecule has 0 unspecified atom stereocenters. The molecule has 0 aliphatic carbocycles. The Kier molecular flexibility index (Phi) is 6.01. The summed E-state index contributed by atoms with van der Waals surface area (Å²) in [6.07, 6.45) is 2.01. The molecule has 6 heteroatoms. The van der Waals surface area contributed by atoms with Crippen molar-refractivity contribution in [3.8, 4) is 0 Å². The third-order valence-corrected chi connectivity index (χ3v) is 4.25. The van der Waals surface area contributed by atoms with E-state index >= 15 is 0 Å². The van der Waals surface area contributed by atoms with Crippen LogP contribution in [0.1, 0.15) is 0 Å². The number of amides is 2. The number of azo groups is 1. The molecule has 2 amide bonds. The Bertz CT molecular complexity index is 878. The van der Waals surface area contributed by atoms with Crippen LogP contribution in [-0.4, -0.2) is 12.3 Å². The molecule has 2 N–H and O–H groups in total. The first-order valence-electron chi connectivity index (χ1n) is 8.02. The van der Waals surface area contributed by atoms with Gasteiger partial charge in [0.25, 0.3) is 0 Å². The summed E-state index contributed by atoms with van der Waals surface area (Å²) in [4.78, 5) is 13.2. The number of carbonyl (C=O) groups is 1. The first-order chi connectivity index (χ1) is 12.7. The number of nitrogens with one attached hydrogen (secondary N) is 2. The predicted molar refractivity (Wildman–Crippen MR) is 108 cm³/mol. The van der Waals surface area contributed by atoms with Crippen molar-refractivity contribution < 1.29 is 4.79 Å². The van der Waals surface area contributed by atoms with Crippen LogP contribution in [0.5, 0.6) is 0 Å². The first kappa shape index (κ1) is 17.7.